The van der Waals surface area contributed by atoms with Gasteiger partial charge in [0.05, 0.1) is 5.71 Å². The first-order chi connectivity index (χ1) is 15.2. The summed E-state index contributed by atoms with van der Waals surface area (Å²) >= 11 is 0. The van der Waals surface area contributed by atoms with E-state index in [0.29, 0.717) is 23.2 Å². The van der Waals surface area contributed by atoms with Crippen LogP contribution in [0.2, 0.25) is 0 Å². The summed E-state index contributed by atoms with van der Waals surface area (Å²) in [6.07, 6.45) is 0. The minimum absolute atomic E-state index is 0.152. The number of hydrogen-bond acceptors (Lipinski definition) is 8. The second-order valence-corrected chi connectivity index (χ2v) is 6.61. The van der Waals surface area contributed by atoms with E-state index in [0.717, 1.165) is 11.4 Å². The molecule has 0 unspecified atom stereocenters. The van der Waals surface area contributed by atoms with Crippen LogP contribution in [0.3, 0.4) is 0 Å². The molecule has 0 saturated heterocycles. The number of nitrogens with zero attached hydrogens (tertiary/aromatic N) is 4. The summed E-state index contributed by atoms with van der Waals surface area (Å²) in [6, 6.07) is 26.2. The van der Waals surface area contributed by atoms with Gasteiger partial charge in [-0.15, -0.1) is 0 Å². The van der Waals surface area contributed by atoms with Gasteiger partial charge in [0.1, 0.15) is 5.75 Å². The third kappa shape index (κ3) is 5.33. The van der Waals surface area contributed by atoms with Crippen molar-refractivity contribution in [2.45, 2.75) is 6.92 Å². The molecule has 0 fully saturated rings. The summed E-state index contributed by atoms with van der Waals surface area (Å²) in [6.45, 7) is 1.79. The second kappa shape index (κ2) is 9.36. The Hall–Kier alpha value is -4.46. The zero-order chi connectivity index (χ0) is 21.5. The van der Waals surface area contributed by atoms with E-state index in [4.69, 9.17) is 0 Å². The zero-order valence-electron chi connectivity index (χ0n) is 16.8. The zero-order valence-corrected chi connectivity index (χ0v) is 16.8. The van der Waals surface area contributed by atoms with Gasteiger partial charge in [0.2, 0.25) is 17.8 Å². The number of hydrogen-bond donors (Lipinski definition) is 4. The fourth-order valence-electron chi connectivity index (χ4n) is 2.81. The van der Waals surface area contributed by atoms with Crippen molar-refractivity contribution < 1.29 is 5.11 Å². The Labute approximate surface area is 179 Å². The topological polar surface area (TPSA) is 107 Å². The Morgan fingerprint density at radius 1 is 0.677 bits per heavy atom. The molecule has 8 heteroatoms. The smallest absolute Gasteiger partial charge is 0.250 e. The Morgan fingerprint density at radius 2 is 1.16 bits per heavy atom. The van der Waals surface area contributed by atoms with Crippen molar-refractivity contribution in [3.8, 4) is 5.75 Å². The van der Waals surface area contributed by atoms with Crippen LogP contribution >= 0.6 is 0 Å². The van der Waals surface area contributed by atoms with Crippen LogP contribution < -0.4 is 16.1 Å². The number of aromatic nitrogens is 3. The van der Waals surface area contributed by atoms with Crippen molar-refractivity contribution in [1.29, 1.82) is 0 Å². The molecule has 0 spiro atoms. The summed E-state index contributed by atoms with van der Waals surface area (Å²) in [5.74, 6) is 1.12. The van der Waals surface area contributed by atoms with E-state index in [-0.39, 0.29) is 11.7 Å². The molecule has 0 amide bonds. The van der Waals surface area contributed by atoms with Gasteiger partial charge in [0.25, 0.3) is 0 Å². The number of anilines is 5. The molecule has 3 aromatic carbocycles. The van der Waals surface area contributed by atoms with Crippen molar-refractivity contribution in [2.24, 2.45) is 5.10 Å². The third-order valence-corrected chi connectivity index (χ3v) is 4.31. The van der Waals surface area contributed by atoms with Gasteiger partial charge < -0.3 is 15.7 Å². The first kappa shape index (κ1) is 19.8. The van der Waals surface area contributed by atoms with Gasteiger partial charge in [0.15, 0.2) is 0 Å². The maximum Gasteiger partial charge on any atom is 0.250 e. The summed E-state index contributed by atoms with van der Waals surface area (Å²) in [7, 11) is 0. The second-order valence-electron chi connectivity index (χ2n) is 6.61. The summed E-state index contributed by atoms with van der Waals surface area (Å²) in [4.78, 5) is 13.3. The van der Waals surface area contributed by atoms with E-state index in [1.165, 1.54) is 0 Å². The lowest BCUT2D eigenvalue weighted by Crippen LogP contribution is -2.08. The van der Waals surface area contributed by atoms with Crippen molar-refractivity contribution in [3.05, 3.63) is 90.5 Å². The maximum atomic E-state index is 10.0. The van der Waals surface area contributed by atoms with Crippen molar-refractivity contribution in [3.63, 3.8) is 0 Å². The predicted molar refractivity (Wildman–Crippen MR) is 123 cm³/mol. The molecule has 0 saturated carbocycles. The minimum Gasteiger partial charge on any atom is -0.507 e. The van der Waals surface area contributed by atoms with E-state index in [1.54, 1.807) is 25.1 Å². The van der Waals surface area contributed by atoms with E-state index < -0.39 is 0 Å². The summed E-state index contributed by atoms with van der Waals surface area (Å²) in [5.41, 5.74) is 5.76. The molecular formula is C23H21N7O. The number of benzene rings is 3. The molecule has 1 aromatic heterocycles. The van der Waals surface area contributed by atoms with Gasteiger partial charge in [-0.25, -0.2) is 5.43 Å². The van der Waals surface area contributed by atoms with E-state index >= 15 is 0 Å². The number of aromatic hydroxyl groups is 1. The molecule has 0 aliphatic heterocycles. The number of phenolic OH excluding ortho intramolecular Hbond substituents is 1. The average Bonchev–Trinajstić information content (AvgIpc) is 2.79. The first-order valence-electron chi connectivity index (χ1n) is 9.66. The van der Waals surface area contributed by atoms with Gasteiger partial charge in [-0.05, 0) is 43.3 Å². The highest BCUT2D eigenvalue weighted by Gasteiger charge is 2.09. The Bertz CT molecular complexity index is 1120. The fourth-order valence-corrected chi connectivity index (χ4v) is 2.81. The lowest BCUT2D eigenvalue weighted by molar-refractivity contribution is 0.474. The number of phenols is 1. The van der Waals surface area contributed by atoms with Gasteiger partial charge in [-0.3, -0.25) is 0 Å². The van der Waals surface area contributed by atoms with Crippen molar-refractivity contribution in [1.82, 2.24) is 15.0 Å². The SMILES string of the molecule is C/C(=N/Nc1nc(Nc2ccccc2)nc(Nc2ccccc2)n1)c1ccccc1O. The van der Waals surface area contributed by atoms with Crippen molar-refractivity contribution in [2.75, 3.05) is 16.1 Å². The molecule has 0 radical (unpaired) electrons. The van der Waals surface area contributed by atoms with E-state index in [1.807, 2.05) is 66.7 Å². The molecule has 1 heterocycles. The molecule has 0 atom stereocenters. The highest BCUT2D eigenvalue weighted by molar-refractivity contribution is 6.01. The van der Waals surface area contributed by atoms with E-state index in [2.05, 4.69) is 36.1 Å². The van der Waals surface area contributed by atoms with Gasteiger partial charge >= 0.3 is 0 Å². The van der Waals surface area contributed by atoms with Gasteiger partial charge in [-0.1, -0.05) is 48.5 Å². The lowest BCUT2D eigenvalue weighted by Gasteiger charge is -2.10. The van der Waals surface area contributed by atoms with Gasteiger partial charge in [-0.2, -0.15) is 20.1 Å². The van der Waals surface area contributed by atoms with E-state index in [9.17, 15) is 5.11 Å². The van der Waals surface area contributed by atoms with Gasteiger partial charge in [0, 0.05) is 16.9 Å². The molecule has 4 rings (SSSR count). The number of rotatable bonds is 7. The highest BCUT2D eigenvalue weighted by Crippen LogP contribution is 2.19. The molecule has 8 nitrogen and oxygen atoms in total. The van der Waals surface area contributed by atoms with Crippen LogP contribution in [0.25, 0.3) is 0 Å². The fraction of sp³-hybridized carbons (Fsp3) is 0.0435. The largest absolute Gasteiger partial charge is 0.507 e. The normalized spacial score (nSPS) is 11.1. The molecule has 31 heavy (non-hydrogen) atoms. The third-order valence-electron chi connectivity index (χ3n) is 4.31. The van der Waals surface area contributed by atoms with Crippen LogP contribution in [0.1, 0.15) is 12.5 Å². The number of para-hydroxylation sites is 3. The molecule has 4 N–H and O–H groups in total. The molecule has 0 aliphatic carbocycles. The lowest BCUT2D eigenvalue weighted by atomic mass is 10.1. The van der Waals surface area contributed by atoms with Crippen LogP contribution in [0.15, 0.2) is 90.0 Å². The van der Waals surface area contributed by atoms with Crippen molar-refractivity contribution >= 4 is 34.9 Å². The Balaban J connectivity index is 1.62. The molecule has 4 aromatic rings. The average molecular weight is 411 g/mol. The molecule has 154 valence electrons. The van der Waals surface area contributed by atoms with Crippen LogP contribution in [-0.2, 0) is 0 Å². The van der Waals surface area contributed by atoms with Crippen LogP contribution in [0.4, 0.5) is 29.2 Å². The Morgan fingerprint density at radius 3 is 1.71 bits per heavy atom. The summed E-state index contributed by atoms with van der Waals surface area (Å²) < 4.78 is 0. The van der Waals surface area contributed by atoms with Crippen LogP contribution in [0, 0.1) is 0 Å². The highest BCUT2D eigenvalue weighted by atomic mass is 16.3. The quantitative estimate of drug-likeness (QED) is 0.253. The number of hydrazone groups is 1. The molecule has 0 aliphatic rings. The first-order valence-corrected chi connectivity index (χ1v) is 9.66. The number of nitrogens with one attached hydrogen (secondary N) is 3. The molecular weight excluding hydrogens is 390 g/mol. The van der Waals surface area contributed by atoms with Crippen LogP contribution in [-0.4, -0.2) is 25.8 Å². The Kier molecular flexibility index (Phi) is 5.99. The molecule has 0 bridgehead atoms. The predicted octanol–water partition coefficient (Wildman–Crippen LogP) is 4.90. The van der Waals surface area contributed by atoms with Crippen LogP contribution in [0.5, 0.6) is 5.75 Å². The minimum atomic E-state index is 0.152. The summed E-state index contributed by atoms with van der Waals surface area (Å²) in [5, 5.41) is 20.7. The monoisotopic (exact) mass is 411 g/mol. The standard InChI is InChI=1S/C23H21N7O/c1-16(19-14-8-9-15-20(19)31)29-30-23-27-21(24-17-10-4-2-5-11-17)26-22(28-23)25-18-12-6-3-7-13-18/h2-15,31H,1H3,(H3,24,25,26,27,28,30)/b29-16-. The maximum absolute atomic E-state index is 10.0.